The van der Waals surface area contributed by atoms with Crippen molar-refractivity contribution in [1.29, 1.82) is 0 Å². The predicted octanol–water partition coefficient (Wildman–Crippen LogP) is 1.29. The van der Waals surface area contributed by atoms with Gasteiger partial charge in [-0.05, 0) is 26.3 Å². The molecule has 0 aliphatic rings. The van der Waals surface area contributed by atoms with E-state index in [-0.39, 0.29) is 6.61 Å². The van der Waals surface area contributed by atoms with Crippen LogP contribution in [-0.2, 0) is 6.54 Å². The maximum Gasteiger partial charge on any atom is 0.105 e. The van der Waals surface area contributed by atoms with Crippen LogP contribution in [0.1, 0.15) is 22.6 Å². The molecule has 0 spiro atoms. The van der Waals surface area contributed by atoms with Crippen LogP contribution >= 0.6 is 0 Å². The lowest BCUT2D eigenvalue weighted by Crippen LogP contribution is -2.18. The van der Waals surface area contributed by atoms with Crippen LogP contribution in [0, 0.1) is 20.8 Å². The molecule has 3 nitrogen and oxygen atoms in total. The summed E-state index contributed by atoms with van der Waals surface area (Å²) < 4.78 is 5.47. The summed E-state index contributed by atoms with van der Waals surface area (Å²) in [6, 6.07) is 0. The van der Waals surface area contributed by atoms with Crippen LogP contribution < -0.4 is 5.32 Å². The average Bonchev–Trinajstić information content (AvgIpc) is 2.32. The third-order valence-electron chi connectivity index (χ3n) is 2.30. The summed E-state index contributed by atoms with van der Waals surface area (Å²) in [6.45, 7) is 7.57. The molecule has 0 aliphatic heterocycles. The Hall–Kier alpha value is -0.800. The van der Waals surface area contributed by atoms with Crippen molar-refractivity contribution in [2.75, 3.05) is 13.2 Å². The number of hydrogen-bond donors (Lipinski definition) is 2. The van der Waals surface area contributed by atoms with Crippen molar-refractivity contribution in [2.45, 2.75) is 27.3 Å². The van der Waals surface area contributed by atoms with Gasteiger partial charge in [-0.1, -0.05) is 0 Å². The van der Waals surface area contributed by atoms with E-state index in [4.69, 9.17) is 9.52 Å². The quantitative estimate of drug-likeness (QED) is 0.691. The summed E-state index contributed by atoms with van der Waals surface area (Å²) in [7, 11) is 0. The molecule has 0 fully saturated rings. The van der Waals surface area contributed by atoms with Gasteiger partial charge in [0.2, 0.25) is 0 Å². The summed E-state index contributed by atoms with van der Waals surface area (Å²) in [5.41, 5.74) is 2.42. The van der Waals surface area contributed by atoms with Gasteiger partial charge in [-0.3, -0.25) is 0 Å². The molecular formula is C10H17NO2. The van der Waals surface area contributed by atoms with Crippen LogP contribution in [0.15, 0.2) is 4.42 Å². The Kier molecular flexibility index (Phi) is 3.51. The van der Waals surface area contributed by atoms with Crippen molar-refractivity contribution in [3.05, 3.63) is 22.6 Å². The smallest absolute Gasteiger partial charge is 0.105 e. The normalized spacial score (nSPS) is 10.8. The zero-order valence-electron chi connectivity index (χ0n) is 8.48. The van der Waals surface area contributed by atoms with Gasteiger partial charge in [-0.25, -0.2) is 0 Å². The van der Waals surface area contributed by atoms with Gasteiger partial charge in [0, 0.05) is 18.7 Å². The second-order valence-corrected chi connectivity index (χ2v) is 3.22. The highest BCUT2D eigenvalue weighted by atomic mass is 16.3. The molecule has 2 N–H and O–H groups in total. The number of nitrogens with one attached hydrogen (secondary N) is 1. The highest BCUT2D eigenvalue weighted by Gasteiger charge is 2.09. The molecule has 0 unspecified atom stereocenters. The number of aryl methyl sites for hydroxylation is 2. The van der Waals surface area contributed by atoms with E-state index in [9.17, 15) is 0 Å². The average molecular weight is 183 g/mol. The Morgan fingerprint density at radius 2 is 1.92 bits per heavy atom. The zero-order valence-corrected chi connectivity index (χ0v) is 8.48. The van der Waals surface area contributed by atoms with Crippen molar-refractivity contribution < 1.29 is 9.52 Å². The van der Waals surface area contributed by atoms with E-state index in [0.717, 1.165) is 18.1 Å². The van der Waals surface area contributed by atoms with Crippen LogP contribution in [0.25, 0.3) is 0 Å². The van der Waals surface area contributed by atoms with E-state index in [2.05, 4.69) is 12.2 Å². The maximum absolute atomic E-state index is 8.60. The summed E-state index contributed by atoms with van der Waals surface area (Å²) in [6.07, 6.45) is 0. The Morgan fingerprint density at radius 3 is 2.38 bits per heavy atom. The topological polar surface area (TPSA) is 45.4 Å². The Labute approximate surface area is 78.8 Å². The molecule has 0 amide bonds. The lowest BCUT2D eigenvalue weighted by molar-refractivity contribution is 0.291. The first-order chi connectivity index (χ1) is 6.16. The molecule has 0 radical (unpaired) electrons. The predicted molar refractivity (Wildman–Crippen MR) is 51.7 cm³/mol. The molecule has 0 atom stereocenters. The molecule has 0 aliphatic carbocycles. The maximum atomic E-state index is 8.60. The third kappa shape index (κ3) is 2.32. The first kappa shape index (κ1) is 10.3. The van der Waals surface area contributed by atoms with Gasteiger partial charge in [-0.15, -0.1) is 0 Å². The summed E-state index contributed by atoms with van der Waals surface area (Å²) in [4.78, 5) is 0. The number of aliphatic hydroxyl groups excluding tert-OH is 1. The summed E-state index contributed by atoms with van der Waals surface area (Å²) >= 11 is 0. The second-order valence-electron chi connectivity index (χ2n) is 3.22. The second kappa shape index (κ2) is 4.44. The van der Waals surface area contributed by atoms with E-state index >= 15 is 0 Å². The van der Waals surface area contributed by atoms with Gasteiger partial charge >= 0.3 is 0 Å². The van der Waals surface area contributed by atoms with Gasteiger partial charge in [-0.2, -0.15) is 0 Å². The van der Waals surface area contributed by atoms with Crippen LogP contribution in [-0.4, -0.2) is 18.3 Å². The Balaban J connectivity index is 2.64. The van der Waals surface area contributed by atoms with E-state index in [1.165, 1.54) is 11.1 Å². The summed E-state index contributed by atoms with van der Waals surface area (Å²) in [5, 5.41) is 11.7. The molecule has 13 heavy (non-hydrogen) atoms. The molecular weight excluding hydrogens is 166 g/mol. The number of aliphatic hydroxyl groups is 1. The standard InChI is InChI=1S/C10H17NO2/c1-7-8(2)13-9(3)10(7)6-11-4-5-12/h11-12H,4-6H2,1-3H3. The molecule has 0 bridgehead atoms. The molecule has 1 heterocycles. The summed E-state index contributed by atoms with van der Waals surface area (Å²) in [5.74, 6) is 1.96. The number of hydrogen-bond acceptors (Lipinski definition) is 3. The van der Waals surface area contributed by atoms with Crippen LogP contribution in [0.5, 0.6) is 0 Å². The van der Waals surface area contributed by atoms with Gasteiger partial charge in [0.15, 0.2) is 0 Å². The fraction of sp³-hybridized carbons (Fsp3) is 0.600. The van der Waals surface area contributed by atoms with Gasteiger partial charge in [0.05, 0.1) is 6.61 Å². The van der Waals surface area contributed by atoms with Crippen LogP contribution in [0.3, 0.4) is 0 Å². The van der Waals surface area contributed by atoms with Crippen molar-refractivity contribution in [3.8, 4) is 0 Å². The lowest BCUT2D eigenvalue weighted by Gasteiger charge is -2.02. The number of furan rings is 1. The monoisotopic (exact) mass is 183 g/mol. The van der Waals surface area contributed by atoms with E-state index in [0.29, 0.717) is 6.54 Å². The van der Waals surface area contributed by atoms with E-state index in [1.807, 2.05) is 13.8 Å². The molecule has 3 heteroatoms. The molecule has 74 valence electrons. The minimum Gasteiger partial charge on any atom is -0.466 e. The molecule has 0 saturated heterocycles. The van der Waals surface area contributed by atoms with E-state index in [1.54, 1.807) is 0 Å². The van der Waals surface area contributed by atoms with Gasteiger partial charge in [0.25, 0.3) is 0 Å². The van der Waals surface area contributed by atoms with E-state index < -0.39 is 0 Å². The van der Waals surface area contributed by atoms with Crippen LogP contribution in [0.4, 0.5) is 0 Å². The Bertz CT molecular complexity index is 279. The largest absolute Gasteiger partial charge is 0.466 e. The SMILES string of the molecule is Cc1oc(C)c(CNCCO)c1C. The highest BCUT2D eigenvalue weighted by Crippen LogP contribution is 2.19. The molecule has 1 aromatic rings. The highest BCUT2D eigenvalue weighted by molar-refractivity contribution is 5.31. The first-order valence-electron chi connectivity index (χ1n) is 4.54. The minimum absolute atomic E-state index is 0.176. The fourth-order valence-electron chi connectivity index (χ4n) is 1.39. The third-order valence-corrected chi connectivity index (χ3v) is 2.30. The minimum atomic E-state index is 0.176. The van der Waals surface area contributed by atoms with Crippen molar-refractivity contribution in [2.24, 2.45) is 0 Å². The number of rotatable bonds is 4. The zero-order chi connectivity index (χ0) is 9.84. The fourth-order valence-corrected chi connectivity index (χ4v) is 1.39. The molecule has 0 saturated carbocycles. The molecule has 0 aromatic carbocycles. The molecule has 1 rings (SSSR count). The van der Waals surface area contributed by atoms with Crippen molar-refractivity contribution >= 4 is 0 Å². The van der Waals surface area contributed by atoms with Crippen LogP contribution in [0.2, 0.25) is 0 Å². The lowest BCUT2D eigenvalue weighted by atomic mass is 10.1. The molecule has 1 aromatic heterocycles. The Morgan fingerprint density at radius 1 is 1.23 bits per heavy atom. The first-order valence-corrected chi connectivity index (χ1v) is 4.54. The van der Waals surface area contributed by atoms with Crippen molar-refractivity contribution in [1.82, 2.24) is 5.32 Å². The van der Waals surface area contributed by atoms with Gasteiger partial charge in [0.1, 0.15) is 11.5 Å². The van der Waals surface area contributed by atoms with Crippen molar-refractivity contribution in [3.63, 3.8) is 0 Å². The van der Waals surface area contributed by atoms with Gasteiger partial charge < -0.3 is 14.8 Å².